The number of rotatable bonds is 8. The van der Waals surface area contributed by atoms with Crippen LogP contribution in [0, 0.1) is 5.92 Å². The van der Waals surface area contributed by atoms with Crippen molar-refractivity contribution in [2.75, 3.05) is 20.2 Å². The number of nitrogens with zero attached hydrogens (tertiary/aromatic N) is 1. The number of methoxy groups -OCH3 is 1. The molecule has 118 valence electrons. The van der Waals surface area contributed by atoms with Crippen molar-refractivity contribution in [3.05, 3.63) is 23.8 Å². The SMILES string of the molecule is CCCN(CC1CC1)S(=O)(=O)c1cc(CO)ccc1OC. The lowest BCUT2D eigenvalue weighted by Crippen LogP contribution is -2.34. The Labute approximate surface area is 126 Å². The van der Waals surface area contributed by atoms with Crippen molar-refractivity contribution in [1.29, 1.82) is 0 Å². The highest BCUT2D eigenvalue weighted by Crippen LogP contribution is 2.34. The van der Waals surface area contributed by atoms with Gasteiger partial charge in [0.15, 0.2) is 0 Å². The lowest BCUT2D eigenvalue weighted by atomic mass is 10.2. The van der Waals surface area contributed by atoms with Crippen molar-refractivity contribution in [2.45, 2.75) is 37.7 Å². The van der Waals surface area contributed by atoms with Gasteiger partial charge in [0.25, 0.3) is 0 Å². The van der Waals surface area contributed by atoms with Gasteiger partial charge in [-0.1, -0.05) is 13.0 Å². The molecule has 0 amide bonds. The number of benzene rings is 1. The average molecular weight is 313 g/mol. The number of aliphatic hydroxyl groups is 1. The number of sulfonamides is 1. The minimum atomic E-state index is -3.60. The molecule has 1 N–H and O–H groups in total. The molecule has 0 bridgehead atoms. The van der Waals surface area contributed by atoms with Gasteiger partial charge in [-0.25, -0.2) is 8.42 Å². The lowest BCUT2D eigenvalue weighted by molar-refractivity contribution is 0.281. The van der Waals surface area contributed by atoms with E-state index in [2.05, 4.69) is 0 Å². The maximum absolute atomic E-state index is 12.9. The van der Waals surface area contributed by atoms with Gasteiger partial charge in [-0.2, -0.15) is 4.31 Å². The van der Waals surface area contributed by atoms with Gasteiger partial charge in [0.1, 0.15) is 10.6 Å². The van der Waals surface area contributed by atoms with Crippen LogP contribution in [0.25, 0.3) is 0 Å². The second-order valence-electron chi connectivity index (χ2n) is 5.45. The predicted octanol–water partition coefficient (Wildman–Crippen LogP) is 2.00. The fourth-order valence-electron chi connectivity index (χ4n) is 2.31. The van der Waals surface area contributed by atoms with Gasteiger partial charge < -0.3 is 9.84 Å². The topological polar surface area (TPSA) is 66.8 Å². The Kier molecular flexibility index (Phi) is 5.24. The average Bonchev–Trinajstić information content (AvgIpc) is 3.30. The van der Waals surface area contributed by atoms with Crippen molar-refractivity contribution in [3.8, 4) is 5.75 Å². The molecule has 0 radical (unpaired) electrons. The molecule has 0 aliphatic heterocycles. The van der Waals surface area contributed by atoms with Gasteiger partial charge in [-0.3, -0.25) is 0 Å². The summed E-state index contributed by atoms with van der Waals surface area (Å²) < 4.78 is 32.5. The van der Waals surface area contributed by atoms with E-state index in [-0.39, 0.29) is 11.5 Å². The molecule has 0 heterocycles. The third-order valence-corrected chi connectivity index (χ3v) is 5.55. The van der Waals surface area contributed by atoms with E-state index in [1.54, 1.807) is 16.4 Å². The van der Waals surface area contributed by atoms with Gasteiger partial charge in [0, 0.05) is 13.1 Å². The van der Waals surface area contributed by atoms with Crippen LogP contribution in [0.3, 0.4) is 0 Å². The van der Waals surface area contributed by atoms with E-state index >= 15 is 0 Å². The fraction of sp³-hybridized carbons (Fsp3) is 0.600. The monoisotopic (exact) mass is 313 g/mol. The third kappa shape index (κ3) is 3.75. The lowest BCUT2D eigenvalue weighted by Gasteiger charge is -2.23. The quantitative estimate of drug-likeness (QED) is 0.797. The summed E-state index contributed by atoms with van der Waals surface area (Å²) in [6.45, 7) is 2.85. The van der Waals surface area contributed by atoms with Crippen molar-refractivity contribution in [3.63, 3.8) is 0 Å². The number of ether oxygens (including phenoxy) is 1. The molecule has 1 saturated carbocycles. The molecule has 1 aliphatic rings. The number of aliphatic hydroxyl groups excluding tert-OH is 1. The molecular weight excluding hydrogens is 290 g/mol. The van der Waals surface area contributed by atoms with Crippen LogP contribution in [0.15, 0.2) is 23.1 Å². The van der Waals surface area contributed by atoms with Crippen molar-refractivity contribution < 1.29 is 18.3 Å². The van der Waals surface area contributed by atoms with Crippen molar-refractivity contribution >= 4 is 10.0 Å². The van der Waals surface area contributed by atoms with Crippen LogP contribution in [0.5, 0.6) is 5.75 Å². The third-order valence-electron chi connectivity index (χ3n) is 3.66. The van der Waals surface area contributed by atoms with E-state index in [0.717, 1.165) is 19.3 Å². The van der Waals surface area contributed by atoms with Crippen molar-refractivity contribution in [1.82, 2.24) is 4.31 Å². The van der Waals surface area contributed by atoms with Crippen LogP contribution in [-0.2, 0) is 16.6 Å². The van der Waals surface area contributed by atoms with Crippen LogP contribution < -0.4 is 4.74 Å². The molecule has 0 spiro atoms. The summed E-state index contributed by atoms with van der Waals surface area (Å²) >= 11 is 0. The van der Waals surface area contributed by atoms with Gasteiger partial charge in [-0.05, 0) is 42.9 Å². The van der Waals surface area contributed by atoms with E-state index in [4.69, 9.17) is 4.74 Å². The van der Waals surface area contributed by atoms with Gasteiger partial charge in [0.05, 0.1) is 13.7 Å². The van der Waals surface area contributed by atoms with Crippen LogP contribution >= 0.6 is 0 Å². The standard InChI is InChI=1S/C15H23NO4S/c1-3-8-16(10-12-4-5-12)21(18,19)15-9-13(11-17)6-7-14(15)20-2/h6-7,9,12,17H,3-5,8,10-11H2,1-2H3. The van der Waals surface area contributed by atoms with E-state index in [1.807, 2.05) is 6.92 Å². The van der Waals surface area contributed by atoms with Crippen molar-refractivity contribution in [2.24, 2.45) is 5.92 Å². The molecule has 1 aliphatic carbocycles. The van der Waals surface area contributed by atoms with Crippen LogP contribution in [0.2, 0.25) is 0 Å². The van der Waals surface area contributed by atoms with E-state index < -0.39 is 10.0 Å². The first kappa shape index (κ1) is 16.3. The second-order valence-corrected chi connectivity index (χ2v) is 7.36. The summed E-state index contributed by atoms with van der Waals surface area (Å²) in [6, 6.07) is 4.77. The summed E-state index contributed by atoms with van der Waals surface area (Å²) in [5, 5.41) is 9.24. The molecule has 5 nitrogen and oxygen atoms in total. The summed E-state index contributed by atoms with van der Waals surface area (Å²) in [7, 11) is -2.14. The second kappa shape index (κ2) is 6.77. The summed E-state index contributed by atoms with van der Waals surface area (Å²) in [5.74, 6) is 0.808. The molecule has 2 rings (SSSR count). The van der Waals surface area contributed by atoms with Gasteiger partial charge >= 0.3 is 0 Å². The van der Waals surface area contributed by atoms with Gasteiger partial charge in [-0.15, -0.1) is 0 Å². The van der Waals surface area contributed by atoms with E-state index in [0.29, 0.717) is 30.3 Å². The maximum Gasteiger partial charge on any atom is 0.246 e. The Morgan fingerprint density at radius 2 is 2.10 bits per heavy atom. The Morgan fingerprint density at radius 3 is 2.62 bits per heavy atom. The molecule has 0 atom stereocenters. The van der Waals surface area contributed by atoms with Gasteiger partial charge in [0.2, 0.25) is 10.0 Å². The predicted molar refractivity (Wildman–Crippen MR) is 80.7 cm³/mol. The first-order valence-electron chi connectivity index (χ1n) is 7.30. The minimum absolute atomic E-state index is 0.144. The molecule has 21 heavy (non-hydrogen) atoms. The zero-order chi connectivity index (χ0) is 15.5. The molecule has 6 heteroatoms. The largest absolute Gasteiger partial charge is 0.495 e. The highest BCUT2D eigenvalue weighted by Gasteiger charge is 2.32. The molecule has 0 aromatic heterocycles. The number of hydrogen-bond acceptors (Lipinski definition) is 4. The summed E-state index contributed by atoms with van der Waals surface area (Å²) in [5.41, 5.74) is 0.567. The molecule has 0 unspecified atom stereocenters. The zero-order valence-electron chi connectivity index (χ0n) is 12.6. The number of hydrogen-bond donors (Lipinski definition) is 1. The van der Waals surface area contributed by atoms with Crippen LogP contribution in [-0.4, -0.2) is 38.0 Å². The molecule has 1 aromatic rings. The van der Waals surface area contributed by atoms with E-state index in [1.165, 1.54) is 13.2 Å². The Morgan fingerprint density at radius 1 is 1.38 bits per heavy atom. The fourth-order valence-corrected chi connectivity index (χ4v) is 4.12. The maximum atomic E-state index is 12.9. The van der Waals surface area contributed by atoms with Crippen LogP contribution in [0.4, 0.5) is 0 Å². The first-order valence-corrected chi connectivity index (χ1v) is 8.74. The molecule has 1 aromatic carbocycles. The normalized spacial score (nSPS) is 15.4. The Balaban J connectivity index is 2.39. The summed E-state index contributed by atoms with van der Waals surface area (Å²) in [6.07, 6.45) is 2.97. The first-order chi connectivity index (χ1) is 10.0. The zero-order valence-corrected chi connectivity index (χ0v) is 13.4. The molecule has 1 fully saturated rings. The highest BCUT2D eigenvalue weighted by molar-refractivity contribution is 7.89. The van der Waals surface area contributed by atoms with E-state index in [9.17, 15) is 13.5 Å². The van der Waals surface area contributed by atoms with Crippen LogP contribution in [0.1, 0.15) is 31.7 Å². The Bertz CT molecular complexity index is 581. The smallest absolute Gasteiger partial charge is 0.246 e. The molecule has 0 saturated heterocycles. The molecular formula is C15H23NO4S. The highest BCUT2D eigenvalue weighted by atomic mass is 32.2. The Hall–Kier alpha value is -1.11. The summed E-state index contributed by atoms with van der Waals surface area (Å²) in [4.78, 5) is 0.144. The minimum Gasteiger partial charge on any atom is -0.495 e.